The van der Waals surface area contributed by atoms with Crippen LogP contribution in [-0.4, -0.2) is 32.7 Å². The Labute approximate surface area is 187 Å². The number of aromatic hydroxyl groups is 1. The van der Waals surface area contributed by atoms with Crippen molar-refractivity contribution in [2.75, 3.05) is 7.11 Å². The van der Waals surface area contributed by atoms with Gasteiger partial charge in [0.25, 0.3) is 0 Å². The summed E-state index contributed by atoms with van der Waals surface area (Å²) in [5, 5.41) is 21.3. The number of H-pyrrole nitrogens is 1. The second-order valence-electron chi connectivity index (χ2n) is 6.96. The number of aromatic nitrogens is 2. The molecule has 32 heavy (non-hydrogen) atoms. The molecule has 4 aromatic rings. The normalized spacial score (nSPS) is 11.2. The molecule has 2 aromatic carbocycles. The highest BCUT2D eigenvalue weighted by molar-refractivity contribution is 7.13. The van der Waals surface area contributed by atoms with Crippen molar-refractivity contribution in [3.05, 3.63) is 93.4 Å². The van der Waals surface area contributed by atoms with Gasteiger partial charge in [-0.2, -0.15) is 0 Å². The highest BCUT2D eigenvalue weighted by atomic mass is 32.1. The highest BCUT2D eigenvalue weighted by Gasteiger charge is 2.11. The number of imidazole rings is 1. The first-order chi connectivity index (χ1) is 15.5. The fourth-order valence-corrected chi connectivity index (χ4v) is 3.97. The van der Waals surface area contributed by atoms with Crippen LogP contribution in [0, 0.1) is 0 Å². The topological polar surface area (TPSA) is 105 Å². The molecule has 0 bridgehead atoms. The molecule has 4 rings (SSSR count). The van der Waals surface area contributed by atoms with Crippen LogP contribution >= 0.6 is 11.3 Å². The van der Waals surface area contributed by atoms with E-state index >= 15 is 0 Å². The van der Waals surface area contributed by atoms with Gasteiger partial charge in [-0.15, -0.1) is 11.3 Å². The van der Waals surface area contributed by atoms with E-state index in [1.54, 1.807) is 48.7 Å². The highest BCUT2D eigenvalue weighted by Crippen LogP contribution is 2.32. The first-order valence-electron chi connectivity index (χ1n) is 9.69. The van der Waals surface area contributed by atoms with Gasteiger partial charge >= 0.3 is 5.69 Å². The van der Waals surface area contributed by atoms with Gasteiger partial charge in [-0.05, 0) is 47.4 Å². The zero-order valence-electron chi connectivity index (χ0n) is 17.1. The Morgan fingerprint density at radius 1 is 1.22 bits per heavy atom. The van der Waals surface area contributed by atoms with E-state index in [2.05, 4.69) is 4.98 Å². The van der Waals surface area contributed by atoms with Gasteiger partial charge in [0.15, 0.2) is 17.3 Å². The van der Waals surface area contributed by atoms with E-state index in [0.717, 1.165) is 4.88 Å². The SMILES string of the molecule is COc1cc(C=CC(=O)c2cccc(-n3cc(-c4cccs4)[nH]c3=O)c2)cc(CO)c1O. The molecule has 8 heteroatoms. The number of ketones is 1. The Kier molecular flexibility index (Phi) is 6.07. The van der Waals surface area contributed by atoms with Crippen LogP contribution in [0.15, 0.2) is 71.0 Å². The van der Waals surface area contributed by atoms with Crippen LogP contribution in [0.2, 0.25) is 0 Å². The summed E-state index contributed by atoms with van der Waals surface area (Å²) in [6.07, 6.45) is 4.68. The number of thiophene rings is 1. The average molecular weight is 449 g/mol. The standard InChI is InChI=1S/C24H20N2O5S/c1-31-21-11-15(10-17(14-27)23(21)29)7-8-20(28)16-4-2-5-18(12-16)26-13-19(25-24(26)30)22-6-3-9-32-22/h2-13,27,29H,14H2,1H3,(H,25,30). The molecule has 0 saturated heterocycles. The lowest BCUT2D eigenvalue weighted by molar-refractivity contribution is 0.104. The maximum absolute atomic E-state index is 12.7. The van der Waals surface area contributed by atoms with E-state index in [0.29, 0.717) is 28.1 Å². The smallest absolute Gasteiger partial charge is 0.330 e. The zero-order chi connectivity index (χ0) is 22.7. The van der Waals surface area contributed by atoms with Crippen molar-refractivity contribution in [3.8, 4) is 27.8 Å². The third-order valence-electron chi connectivity index (χ3n) is 4.91. The van der Waals surface area contributed by atoms with Crippen LogP contribution in [0.3, 0.4) is 0 Å². The van der Waals surface area contributed by atoms with E-state index in [-0.39, 0.29) is 29.6 Å². The van der Waals surface area contributed by atoms with E-state index in [9.17, 15) is 19.8 Å². The van der Waals surface area contributed by atoms with E-state index < -0.39 is 0 Å². The number of nitrogens with one attached hydrogen (secondary N) is 1. The van der Waals surface area contributed by atoms with Crippen molar-refractivity contribution in [2.45, 2.75) is 6.61 Å². The third kappa shape index (κ3) is 4.27. The Balaban J connectivity index is 1.61. The lowest BCUT2D eigenvalue weighted by Gasteiger charge is -2.08. The number of aliphatic hydroxyl groups is 1. The quantitative estimate of drug-likeness (QED) is 0.293. The Bertz CT molecular complexity index is 1320. The van der Waals surface area contributed by atoms with Gasteiger partial charge in [0.2, 0.25) is 0 Å². The largest absolute Gasteiger partial charge is 0.504 e. The molecule has 2 aromatic heterocycles. The number of methoxy groups -OCH3 is 1. The molecule has 0 fully saturated rings. The Morgan fingerprint density at radius 2 is 2.06 bits per heavy atom. The van der Waals surface area contributed by atoms with Gasteiger partial charge in [-0.1, -0.05) is 24.3 Å². The molecule has 0 aliphatic heterocycles. The lowest BCUT2D eigenvalue weighted by atomic mass is 10.1. The molecule has 0 saturated carbocycles. The monoisotopic (exact) mass is 448 g/mol. The molecule has 0 radical (unpaired) electrons. The molecule has 0 aliphatic rings. The fourth-order valence-electron chi connectivity index (χ4n) is 3.28. The van der Waals surface area contributed by atoms with Crippen LogP contribution in [0.1, 0.15) is 21.5 Å². The summed E-state index contributed by atoms with van der Waals surface area (Å²) in [5.74, 6) is -0.185. The van der Waals surface area contributed by atoms with Crippen LogP contribution in [0.4, 0.5) is 0 Å². The minimum absolute atomic E-state index is 0.134. The van der Waals surface area contributed by atoms with Crippen molar-refractivity contribution in [1.82, 2.24) is 9.55 Å². The Morgan fingerprint density at radius 3 is 2.78 bits per heavy atom. The number of aromatic amines is 1. The lowest BCUT2D eigenvalue weighted by Crippen LogP contribution is -2.14. The minimum atomic E-state index is -0.362. The number of nitrogens with zero attached hydrogens (tertiary/aromatic N) is 1. The number of rotatable bonds is 7. The van der Waals surface area contributed by atoms with Gasteiger partial charge < -0.3 is 19.9 Å². The van der Waals surface area contributed by atoms with Gasteiger partial charge in [-0.25, -0.2) is 4.79 Å². The zero-order valence-corrected chi connectivity index (χ0v) is 17.9. The second kappa shape index (κ2) is 9.09. The molecular weight excluding hydrogens is 428 g/mol. The molecule has 7 nitrogen and oxygen atoms in total. The summed E-state index contributed by atoms with van der Waals surface area (Å²) >= 11 is 1.52. The summed E-state index contributed by atoms with van der Waals surface area (Å²) in [6.45, 7) is -0.362. The number of carbonyl (C=O) groups is 1. The van der Waals surface area contributed by atoms with Crippen molar-refractivity contribution >= 4 is 23.2 Å². The van der Waals surface area contributed by atoms with Gasteiger partial charge in [0, 0.05) is 17.3 Å². The molecule has 162 valence electrons. The fraction of sp³-hybridized carbons (Fsp3) is 0.0833. The maximum atomic E-state index is 12.7. The average Bonchev–Trinajstić information content (AvgIpc) is 3.48. The van der Waals surface area contributed by atoms with Crippen LogP contribution in [0.5, 0.6) is 11.5 Å². The number of aliphatic hydroxyl groups excluding tert-OH is 1. The van der Waals surface area contributed by atoms with Crippen LogP contribution in [-0.2, 0) is 6.61 Å². The summed E-state index contributed by atoms with van der Waals surface area (Å²) in [4.78, 5) is 29.0. The second-order valence-corrected chi connectivity index (χ2v) is 7.90. The number of ether oxygens (including phenoxy) is 1. The predicted molar refractivity (Wildman–Crippen MR) is 124 cm³/mol. The van der Waals surface area contributed by atoms with E-state index in [4.69, 9.17) is 4.74 Å². The molecular formula is C24H20N2O5S. The number of phenols is 1. The predicted octanol–water partition coefficient (Wildman–Crippen LogP) is 4.00. The van der Waals surface area contributed by atoms with Crippen molar-refractivity contribution < 1.29 is 19.7 Å². The molecule has 2 heterocycles. The van der Waals surface area contributed by atoms with Gasteiger partial charge in [-0.3, -0.25) is 9.36 Å². The summed E-state index contributed by atoms with van der Waals surface area (Å²) < 4.78 is 6.58. The molecule has 0 aliphatic carbocycles. The van der Waals surface area contributed by atoms with Crippen LogP contribution < -0.4 is 10.4 Å². The number of hydrogen-bond donors (Lipinski definition) is 3. The molecule has 0 unspecified atom stereocenters. The molecule has 0 amide bonds. The first-order valence-corrected chi connectivity index (χ1v) is 10.6. The molecule has 3 N–H and O–H groups in total. The van der Waals surface area contributed by atoms with Crippen LogP contribution in [0.25, 0.3) is 22.3 Å². The molecule has 0 spiro atoms. The first kappa shape index (κ1) is 21.4. The molecule has 0 atom stereocenters. The van der Waals surface area contributed by atoms with E-state index in [1.807, 2.05) is 17.5 Å². The summed E-state index contributed by atoms with van der Waals surface area (Å²) in [5.41, 5.74) is 2.30. The number of carbonyl (C=O) groups excluding carboxylic acids is 1. The van der Waals surface area contributed by atoms with Crippen molar-refractivity contribution in [1.29, 1.82) is 0 Å². The van der Waals surface area contributed by atoms with Crippen molar-refractivity contribution in [3.63, 3.8) is 0 Å². The van der Waals surface area contributed by atoms with E-state index in [1.165, 1.54) is 29.1 Å². The van der Waals surface area contributed by atoms with Gasteiger partial charge in [0.1, 0.15) is 0 Å². The Hall–Kier alpha value is -3.88. The number of hydrogen-bond acceptors (Lipinski definition) is 6. The minimum Gasteiger partial charge on any atom is -0.504 e. The van der Waals surface area contributed by atoms with Gasteiger partial charge in [0.05, 0.1) is 30.0 Å². The maximum Gasteiger partial charge on any atom is 0.330 e. The van der Waals surface area contributed by atoms with Crippen molar-refractivity contribution in [2.24, 2.45) is 0 Å². The number of benzene rings is 2. The summed E-state index contributed by atoms with van der Waals surface area (Å²) in [7, 11) is 1.41. The third-order valence-corrected chi connectivity index (χ3v) is 5.81. The number of allylic oxidation sites excluding steroid dienone is 1. The summed E-state index contributed by atoms with van der Waals surface area (Å²) in [6, 6.07) is 13.8.